The van der Waals surface area contributed by atoms with Crippen LogP contribution in [0.3, 0.4) is 0 Å². The number of aliphatic carboxylic acids is 1. The highest BCUT2D eigenvalue weighted by molar-refractivity contribution is 7.88. The number of benzene rings is 1. The second kappa shape index (κ2) is 6.66. The third-order valence-electron chi connectivity index (χ3n) is 2.57. The Kier molecular flexibility index (Phi) is 5.41. The maximum Gasteiger partial charge on any atom is 0.339 e. The van der Waals surface area contributed by atoms with Crippen LogP contribution in [0.25, 0.3) is 0 Å². The molecule has 1 unspecified atom stereocenters. The second-order valence-corrected chi connectivity index (χ2v) is 6.26. The van der Waals surface area contributed by atoms with Crippen molar-refractivity contribution in [3.63, 3.8) is 0 Å². The molecule has 21 heavy (non-hydrogen) atoms. The molecule has 116 valence electrons. The van der Waals surface area contributed by atoms with Crippen molar-refractivity contribution in [1.82, 2.24) is 4.72 Å². The van der Waals surface area contributed by atoms with Crippen molar-refractivity contribution in [1.29, 1.82) is 0 Å². The monoisotopic (exact) mass is 316 g/mol. The zero-order chi connectivity index (χ0) is 16.1. The Balaban J connectivity index is 2.75. The van der Waals surface area contributed by atoms with Crippen LogP contribution in [0.4, 0.5) is 0 Å². The SMILES string of the molecule is CS(=O)(=O)NCC(N)(C(=O)O)C(=O)OCc1ccccc1. The number of rotatable bonds is 7. The first-order valence-electron chi connectivity index (χ1n) is 5.83. The molecule has 0 radical (unpaired) electrons. The van der Waals surface area contributed by atoms with E-state index in [0.717, 1.165) is 6.26 Å². The number of sulfonamides is 1. The molecule has 0 aliphatic heterocycles. The molecule has 8 nitrogen and oxygen atoms in total. The summed E-state index contributed by atoms with van der Waals surface area (Å²) in [5.41, 5.74) is 3.61. The summed E-state index contributed by atoms with van der Waals surface area (Å²) in [5.74, 6) is -2.91. The van der Waals surface area contributed by atoms with Crippen molar-refractivity contribution in [3.8, 4) is 0 Å². The molecule has 0 fully saturated rings. The fourth-order valence-electron chi connectivity index (χ4n) is 1.33. The first kappa shape index (κ1) is 17.1. The molecule has 0 aliphatic rings. The minimum absolute atomic E-state index is 0.162. The van der Waals surface area contributed by atoms with E-state index in [-0.39, 0.29) is 6.61 Å². The number of nitrogens with one attached hydrogen (secondary N) is 1. The highest BCUT2D eigenvalue weighted by Crippen LogP contribution is 2.08. The van der Waals surface area contributed by atoms with Crippen molar-refractivity contribution >= 4 is 22.0 Å². The van der Waals surface area contributed by atoms with Gasteiger partial charge in [0.1, 0.15) is 6.61 Å². The van der Waals surface area contributed by atoms with Gasteiger partial charge in [-0.3, -0.25) is 0 Å². The van der Waals surface area contributed by atoms with Gasteiger partial charge in [0, 0.05) is 0 Å². The summed E-state index contributed by atoms with van der Waals surface area (Å²) >= 11 is 0. The largest absolute Gasteiger partial charge is 0.479 e. The molecular weight excluding hydrogens is 300 g/mol. The van der Waals surface area contributed by atoms with E-state index in [9.17, 15) is 18.0 Å². The molecule has 0 heterocycles. The van der Waals surface area contributed by atoms with E-state index in [4.69, 9.17) is 15.6 Å². The lowest BCUT2D eigenvalue weighted by molar-refractivity contribution is -0.161. The lowest BCUT2D eigenvalue weighted by Crippen LogP contribution is -2.62. The first-order valence-corrected chi connectivity index (χ1v) is 7.72. The zero-order valence-electron chi connectivity index (χ0n) is 11.3. The van der Waals surface area contributed by atoms with E-state index in [0.29, 0.717) is 5.56 Å². The number of ether oxygens (including phenoxy) is 1. The van der Waals surface area contributed by atoms with Crippen LogP contribution in [0.1, 0.15) is 5.56 Å². The summed E-state index contributed by atoms with van der Waals surface area (Å²) in [6.45, 7) is -0.959. The van der Waals surface area contributed by atoms with Crippen LogP contribution in [-0.4, -0.2) is 43.8 Å². The lowest BCUT2D eigenvalue weighted by atomic mass is 10.0. The highest BCUT2D eigenvalue weighted by Gasteiger charge is 2.44. The van der Waals surface area contributed by atoms with Gasteiger partial charge in [-0.2, -0.15) is 0 Å². The van der Waals surface area contributed by atoms with Crippen LogP contribution < -0.4 is 10.5 Å². The van der Waals surface area contributed by atoms with Gasteiger partial charge in [-0.05, 0) is 5.56 Å². The Morgan fingerprint density at radius 2 is 1.90 bits per heavy atom. The first-order chi connectivity index (χ1) is 9.65. The Bertz CT molecular complexity index is 616. The van der Waals surface area contributed by atoms with Crippen molar-refractivity contribution in [2.75, 3.05) is 12.8 Å². The van der Waals surface area contributed by atoms with Gasteiger partial charge in [0.2, 0.25) is 15.6 Å². The minimum Gasteiger partial charge on any atom is -0.479 e. The average Bonchev–Trinajstić information content (AvgIpc) is 2.42. The van der Waals surface area contributed by atoms with Gasteiger partial charge in [-0.15, -0.1) is 0 Å². The van der Waals surface area contributed by atoms with E-state index in [1.165, 1.54) is 0 Å². The molecule has 0 amide bonds. The van der Waals surface area contributed by atoms with Crippen molar-refractivity contribution in [3.05, 3.63) is 35.9 Å². The molecule has 1 aromatic carbocycles. The number of hydrogen-bond donors (Lipinski definition) is 3. The van der Waals surface area contributed by atoms with Gasteiger partial charge in [0.15, 0.2) is 0 Å². The normalized spacial score (nSPS) is 14.2. The van der Waals surface area contributed by atoms with Crippen molar-refractivity contribution in [2.24, 2.45) is 5.73 Å². The van der Waals surface area contributed by atoms with Gasteiger partial charge in [0.25, 0.3) is 0 Å². The second-order valence-electron chi connectivity index (χ2n) is 4.43. The molecule has 1 aromatic rings. The molecule has 0 saturated carbocycles. The molecule has 1 atom stereocenters. The number of nitrogens with two attached hydrogens (primary N) is 1. The number of carboxylic acid groups (broad SMARTS) is 1. The summed E-state index contributed by atoms with van der Waals surface area (Å²) in [6.07, 6.45) is 0.824. The molecule has 0 aliphatic carbocycles. The predicted molar refractivity (Wildman–Crippen MR) is 73.6 cm³/mol. The van der Waals surface area contributed by atoms with Gasteiger partial charge in [-0.25, -0.2) is 22.7 Å². The molecule has 0 aromatic heterocycles. The molecule has 9 heteroatoms. The molecule has 0 spiro atoms. The quantitative estimate of drug-likeness (QED) is 0.436. The minimum atomic E-state index is -3.69. The smallest absolute Gasteiger partial charge is 0.339 e. The van der Waals surface area contributed by atoms with Crippen molar-refractivity contribution < 1.29 is 27.9 Å². The van der Waals surface area contributed by atoms with Gasteiger partial charge in [-0.1, -0.05) is 30.3 Å². The maximum absolute atomic E-state index is 11.8. The fourth-order valence-corrected chi connectivity index (χ4v) is 1.82. The Labute approximate surface area is 122 Å². The summed E-state index contributed by atoms with van der Waals surface area (Å²) in [4.78, 5) is 23.0. The van der Waals surface area contributed by atoms with Crippen LogP contribution in [-0.2, 0) is 31.0 Å². The van der Waals surface area contributed by atoms with E-state index in [1.54, 1.807) is 30.3 Å². The molecule has 4 N–H and O–H groups in total. The number of carbonyl (C=O) groups is 2. The van der Waals surface area contributed by atoms with Crippen molar-refractivity contribution in [2.45, 2.75) is 12.1 Å². The van der Waals surface area contributed by atoms with Crippen LogP contribution in [0.15, 0.2) is 30.3 Å². The molecule has 1 rings (SSSR count). The Morgan fingerprint density at radius 1 is 1.33 bits per heavy atom. The fraction of sp³-hybridized carbons (Fsp3) is 0.333. The molecular formula is C12H16N2O6S. The predicted octanol–water partition coefficient (Wildman–Crippen LogP) is -0.939. The molecule has 0 bridgehead atoms. The Hall–Kier alpha value is -1.97. The summed E-state index contributed by atoms with van der Waals surface area (Å²) in [6, 6.07) is 8.58. The highest BCUT2D eigenvalue weighted by atomic mass is 32.2. The standard InChI is InChI=1S/C12H16N2O6S/c1-21(18,19)14-8-12(13,10(15)16)11(17)20-7-9-5-3-2-4-6-9/h2-6,14H,7-8,13H2,1H3,(H,15,16). The van der Waals surface area contributed by atoms with Gasteiger partial charge < -0.3 is 15.6 Å². The van der Waals surface area contributed by atoms with Crippen LogP contribution in [0, 0.1) is 0 Å². The van der Waals surface area contributed by atoms with E-state index in [2.05, 4.69) is 0 Å². The van der Waals surface area contributed by atoms with E-state index >= 15 is 0 Å². The van der Waals surface area contributed by atoms with Crippen LogP contribution in [0.2, 0.25) is 0 Å². The third-order valence-corrected chi connectivity index (χ3v) is 3.24. The lowest BCUT2D eigenvalue weighted by Gasteiger charge is -2.22. The number of carboxylic acids is 1. The van der Waals surface area contributed by atoms with Crippen LogP contribution in [0.5, 0.6) is 0 Å². The summed E-state index contributed by atoms with van der Waals surface area (Å²) in [7, 11) is -3.69. The number of esters is 1. The topological polar surface area (TPSA) is 136 Å². The van der Waals surface area contributed by atoms with E-state index in [1.807, 2.05) is 4.72 Å². The number of carbonyl (C=O) groups excluding carboxylic acids is 1. The number of hydrogen-bond acceptors (Lipinski definition) is 6. The average molecular weight is 316 g/mol. The summed E-state index contributed by atoms with van der Waals surface area (Å²) in [5, 5.41) is 9.04. The summed E-state index contributed by atoms with van der Waals surface area (Å²) < 4.78 is 28.7. The third kappa shape index (κ3) is 5.14. The molecule has 0 saturated heterocycles. The van der Waals surface area contributed by atoms with Crippen LogP contribution >= 0.6 is 0 Å². The van der Waals surface area contributed by atoms with Gasteiger partial charge >= 0.3 is 11.9 Å². The van der Waals surface area contributed by atoms with E-state index < -0.39 is 34.0 Å². The van der Waals surface area contributed by atoms with Gasteiger partial charge in [0.05, 0.1) is 12.8 Å². The zero-order valence-corrected chi connectivity index (χ0v) is 12.1. The maximum atomic E-state index is 11.8. The Morgan fingerprint density at radius 3 is 2.38 bits per heavy atom.